The van der Waals surface area contributed by atoms with Crippen LogP contribution in [0, 0.1) is 0 Å². The summed E-state index contributed by atoms with van der Waals surface area (Å²) in [6.07, 6.45) is 0.878. The van der Waals surface area contributed by atoms with Gasteiger partial charge in [-0.25, -0.2) is 9.89 Å². The zero-order valence-corrected chi connectivity index (χ0v) is 13.7. The molecule has 3 rings (SSSR count). The lowest BCUT2D eigenvalue weighted by atomic mass is 10.2. The number of thioether (sulfide) groups is 1. The van der Waals surface area contributed by atoms with E-state index in [0.29, 0.717) is 47.2 Å². The average Bonchev–Trinajstić information content (AvgIpc) is 2.86. The summed E-state index contributed by atoms with van der Waals surface area (Å²) in [5.74, 6) is 1.91. The second kappa shape index (κ2) is 6.66. The highest BCUT2D eigenvalue weighted by atomic mass is 35.5. The largest absolute Gasteiger partial charge is 0.486 e. The van der Waals surface area contributed by atoms with Gasteiger partial charge in [-0.1, -0.05) is 30.3 Å². The van der Waals surface area contributed by atoms with Crippen LogP contribution in [0.2, 0.25) is 5.02 Å². The summed E-state index contributed by atoms with van der Waals surface area (Å²) in [4.78, 5) is 11.7. The smallest absolute Gasteiger partial charge is 0.343 e. The number of aromatic amines is 1. The van der Waals surface area contributed by atoms with E-state index >= 15 is 0 Å². The summed E-state index contributed by atoms with van der Waals surface area (Å²) in [6.45, 7) is 3.71. The molecule has 0 fully saturated rings. The lowest BCUT2D eigenvalue weighted by molar-refractivity contribution is 0.171. The molecule has 2 heterocycles. The fourth-order valence-corrected chi connectivity index (χ4v) is 3.42. The zero-order chi connectivity index (χ0) is 15.5. The van der Waals surface area contributed by atoms with E-state index in [1.165, 1.54) is 11.8 Å². The average molecular weight is 342 g/mol. The molecule has 0 saturated heterocycles. The van der Waals surface area contributed by atoms with E-state index in [9.17, 15) is 4.79 Å². The Morgan fingerprint density at radius 1 is 1.41 bits per heavy atom. The Balaban J connectivity index is 1.77. The molecule has 0 saturated carbocycles. The minimum Gasteiger partial charge on any atom is -0.486 e. The predicted octanol–water partition coefficient (Wildman–Crippen LogP) is 2.70. The fourth-order valence-electron chi connectivity index (χ4n) is 2.23. The van der Waals surface area contributed by atoms with Gasteiger partial charge >= 0.3 is 5.69 Å². The quantitative estimate of drug-likeness (QED) is 0.847. The van der Waals surface area contributed by atoms with E-state index in [4.69, 9.17) is 21.1 Å². The highest BCUT2D eigenvalue weighted by Gasteiger charge is 2.17. The Bertz CT molecular complexity index is 729. The maximum atomic E-state index is 11.7. The van der Waals surface area contributed by atoms with Crippen molar-refractivity contribution in [2.45, 2.75) is 30.8 Å². The first-order valence-electron chi connectivity index (χ1n) is 7.05. The molecule has 0 spiro atoms. The Morgan fingerprint density at radius 2 is 2.23 bits per heavy atom. The summed E-state index contributed by atoms with van der Waals surface area (Å²) in [6, 6.07) is 3.78. The topological polar surface area (TPSA) is 69.1 Å². The third-order valence-corrected chi connectivity index (χ3v) is 4.52. The molecule has 8 heteroatoms. The molecule has 2 aromatic rings. The monoisotopic (exact) mass is 341 g/mol. The lowest BCUT2D eigenvalue weighted by Gasteiger charge is -2.20. The van der Waals surface area contributed by atoms with Crippen LogP contribution in [0.25, 0.3) is 0 Å². The SMILES string of the molecule is CCCn1c(SCc2cc(Cl)c3c(c2)OCCO3)n[nH]c1=O. The van der Waals surface area contributed by atoms with Gasteiger partial charge in [0.1, 0.15) is 13.2 Å². The van der Waals surface area contributed by atoms with Crippen LogP contribution in [0.15, 0.2) is 22.1 Å². The molecule has 118 valence electrons. The number of hydrogen-bond acceptors (Lipinski definition) is 5. The van der Waals surface area contributed by atoms with Gasteiger partial charge in [0.05, 0.1) is 5.02 Å². The minimum absolute atomic E-state index is 0.176. The molecular weight excluding hydrogens is 326 g/mol. The highest BCUT2D eigenvalue weighted by molar-refractivity contribution is 7.98. The Labute approximate surface area is 136 Å². The Kier molecular flexibility index (Phi) is 4.63. The number of halogens is 1. The van der Waals surface area contributed by atoms with Crippen molar-refractivity contribution >= 4 is 23.4 Å². The number of hydrogen-bond donors (Lipinski definition) is 1. The van der Waals surface area contributed by atoms with Crippen LogP contribution < -0.4 is 15.2 Å². The van der Waals surface area contributed by atoms with Crippen LogP contribution >= 0.6 is 23.4 Å². The number of H-pyrrole nitrogens is 1. The van der Waals surface area contributed by atoms with Crippen LogP contribution in [-0.4, -0.2) is 28.0 Å². The molecule has 6 nitrogen and oxygen atoms in total. The highest BCUT2D eigenvalue weighted by Crippen LogP contribution is 2.39. The number of rotatable bonds is 5. The van der Waals surface area contributed by atoms with E-state index in [-0.39, 0.29) is 5.69 Å². The van der Waals surface area contributed by atoms with Crippen LogP contribution in [-0.2, 0) is 12.3 Å². The zero-order valence-electron chi connectivity index (χ0n) is 12.1. The van der Waals surface area contributed by atoms with Crippen molar-refractivity contribution < 1.29 is 9.47 Å². The molecule has 0 amide bonds. The van der Waals surface area contributed by atoms with Crippen LogP contribution in [0.4, 0.5) is 0 Å². The second-order valence-electron chi connectivity index (χ2n) is 4.85. The molecule has 0 unspecified atom stereocenters. The molecule has 1 N–H and O–H groups in total. The van der Waals surface area contributed by atoms with Crippen molar-refractivity contribution in [1.82, 2.24) is 14.8 Å². The summed E-state index contributed by atoms with van der Waals surface area (Å²) in [5, 5.41) is 7.77. The van der Waals surface area contributed by atoms with Crippen LogP contribution in [0.1, 0.15) is 18.9 Å². The van der Waals surface area contributed by atoms with Crippen LogP contribution in [0.3, 0.4) is 0 Å². The number of fused-ring (bicyclic) bond motifs is 1. The van der Waals surface area contributed by atoms with Gasteiger partial charge in [-0.3, -0.25) is 4.57 Å². The third-order valence-electron chi connectivity index (χ3n) is 3.20. The molecular formula is C14H16ClN3O3S. The van der Waals surface area contributed by atoms with E-state index in [0.717, 1.165) is 12.0 Å². The minimum atomic E-state index is -0.176. The molecule has 0 atom stereocenters. The van der Waals surface area contributed by atoms with Crippen molar-refractivity contribution in [3.63, 3.8) is 0 Å². The van der Waals surface area contributed by atoms with E-state index in [2.05, 4.69) is 10.2 Å². The first kappa shape index (κ1) is 15.3. The molecule has 0 aliphatic carbocycles. The number of nitrogens with zero attached hydrogens (tertiary/aromatic N) is 2. The Morgan fingerprint density at radius 3 is 3.05 bits per heavy atom. The van der Waals surface area contributed by atoms with Crippen molar-refractivity contribution in [1.29, 1.82) is 0 Å². The summed E-state index contributed by atoms with van der Waals surface area (Å²) >= 11 is 7.71. The van der Waals surface area contributed by atoms with Gasteiger partial charge in [-0.2, -0.15) is 0 Å². The molecule has 1 aromatic heterocycles. The van der Waals surface area contributed by atoms with Crippen molar-refractivity contribution in [2.24, 2.45) is 0 Å². The van der Waals surface area contributed by atoms with Gasteiger partial charge < -0.3 is 9.47 Å². The van der Waals surface area contributed by atoms with Gasteiger partial charge in [0.2, 0.25) is 0 Å². The van der Waals surface area contributed by atoms with Gasteiger partial charge in [0.25, 0.3) is 0 Å². The van der Waals surface area contributed by atoms with E-state index in [1.54, 1.807) is 4.57 Å². The number of aromatic nitrogens is 3. The molecule has 1 aliphatic heterocycles. The maximum absolute atomic E-state index is 11.7. The fraction of sp³-hybridized carbons (Fsp3) is 0.429. The second-order valence-corrected chi connectivity index (χ2v) is 6.20. The van der Waals surface area contributed by atoms with Gasteiger partial charge in [0.15, 0.2) is 16.7 Å². The van der Waals surface area contributed by atoms with Gasteiger partial charge in [-0.05, 0) is 24.1 Å². The van der Waals surface area contributed by atoms with Gasteiger partial charge in [0, 0.05) is 12.3 Å². The summed E-state index contributed by atoms with van der Waals surface area (Å²) in [7, 11) is 0. The van der Waals surface area contributed by atoms with Crippen molar-refractivity contribution in [3.05, 3.63) is 33.2 Å². The third kappa shape index (κ3) is 3.10. The molecule has 1 aliphatic rings. The number of nitrogens with one attached hydrogen (secondary N) is 1. The molecule has 1 aromatic carbocycles. The lowest BCUT2D eigenvalue weighted by Crippen LogP contribution is -2.17. The van der Waals surface area contributed by atoms with Crippen molar-refractivity contribution in [2.75, 3.05) is 13.2 Å². The normalized spacial score (nSPS) is 13.4. The van der Waals surface area contributed by atoms with Gasteiger partial charge in [-0.15, -0.1) is 5.10 Å². The number of benzene rings is 1. The number of ether oxygens (including phenoxy) is 2. The first-order valence-corrected chi connectivity index (χ1v) is 8.41. The molecule has 22 heavy (non-hydrogen) atoms. The molecule has 0 bridgehead atoms. The van der Waals surface area contributed by atoms with E-state index in [1.807, 2.05) is 19.1 Å². The van der Waals surface area contributed by atoms with Crippen molar-refractivity contribution in [3.8, 4) is 11.5 Å². The predicted molar refractivity (Wildman–Crippen MR) is 85.1 cm³/mol. The summed E-state index contributed by atoms with van der Waals surface area (Å²) < 4.78 is 12.7. The Hall–Kier alpha value is -1.60. The van der Waals surface area contributed by atoms with E-state index < -0.39 is 0 Å². The molecule has 0 radical (unpaired) electrons. The first-order chi connectivity index (χ1) is 10.7. The standard InChI is InChI=1S/C14H16ClN3O3S/c1-2-3-18-13(19)16-17-14(18)22-8-9-6-10(15)12-11(7-9)20-4-5-21-12/h6-7H,2-5,8H2,1H3,(H,16,19). The summed E-state index contributed by atoms with van der Waals surface area (Å²) in [5.41, 5.74) is 0.822. The maximum Gasteiger partial charge on any atom is 0.343 e. The van der Waals surface area contributed by atoms with Crippen LogP contribution in [0.5, 0.6) is 11.5 Å².